The molecule has 15 heteroatoms. The van der Waals surface area contributed by atoms with Gasteiger partial charge in [0, 0.05) is 3.92 Å². The molecule has 0 fully saturated rings. The zero-order chi connectivity index (χ0) is 20.0. The molecule has 1 N–H and O–H groups in total. The average molecular weight is 504 g/mol. The third-order valence-electron chi connectivity index (χ3n) is 2.98. The van der Waals surface area contributed by atoms with Gasteiger partial charge < -0.3 is 5.11 Å². The Hall–Kier alpha value is -0.220. The highest BCUT2D eigenvalue weighted by Gasteiger charge is 2.91. The highest BCUT2D eigenvalue weighted by Crippen LogP contribution is 2.67. The molecule has 0 amide bonds. The Bertz CT molecular complexity index is 420. The van der Waals surface area contributed by atoms with Gasteiger partial charge in [0.05, 0.1) is 6.61 Å². The van der Waals surface area contributed by atoms with Gasteiger partial charge in [-0.2, -0.15) is 57.1 Å². The van der Waals surface area contributed by atoms with E-state index in [9.17, 15) is 57.1 Å². The van der Waals surface area contributed by atoms with E-state index < -0.39 is 52.7 Å². The van der Waals surface area contributed by atoms with E-state index in [0.717, 1.165) is 0 Å². The molecule has 0 aliphatic carbocycles. The van der Waals surface area contributed by atoms with Crippen molar-refractivity contribution in [1.82, 2.24) is 0 Å². The molecule has 0 saturated heterocycles. The normalized spacial score (nSPS) is 17.1. The van der Waals surface area contributed by atoms with Crippen LogP contribution in [0.15, 0.2) is 0 Å². The molecule has 0 rings (SSSR count). The molecule has 1 atom stereocenters. The van der Waals surface area contributed by atoms with Gasteiger partial charge >= 0.3 is 30.4 Å². The van der Waals surface area contributed by atoms with Crippen molar-refractivity contribution in [2.45, 2.75) is 40.7 Å². The topological polar surface area (TPSA) is 20.2 Å². The summed E-state index contributed by atoms with van der Waals surface area (Å²) in [6.45, 7) is -1.61. The summed E-state index contributed by atoms with van der Waals surface area (Å²) in [4.78, 5) is 0. The van der Waals surface area contributed by atoms with Gasteiger partial charge in [-0.1, -0.05) is 22.6 Å². The lowest BCUT2D eigenvalue weighted by Crippen LogP contribution is -2.70. The fourth-order valence-corrected chi connectivity index (χ4v) is 2.38. The number of aliphatic hydroxyl groups is 1. The summed E-state index contributed by atoms with van der Waals surface area (Å²) >= 11 is 0.590. The number of aliphatic hydroxyl groups excluding tert-OH is 1. The quantitative estimate of drug-likeness (QED) is 0.314. The van der Waals surface area contributed by atoms with Gasteiger partial charge in [-0.15, -0.1) is 0 Å². The van der Waals surface area contributed by atoms with Gasteiger partial charge in [-0.25, -0.2) is 0 Å². The first kappa shape index (κ1) is 23.8. The third kappa shape index (κ3) is 3.51. The summed E-state index contributed by atoms with van der Waals surface area (Å²) in [7, 11) is 0. The molecule has 0 heterocycles. The number of halogens is 14. The van der Waals surface area contributed by atoms with E-state index in [4.69, 9.17) is 5.11 Å². The lowest BCUT2D eigenvalue weighted by molar-refractivity contribution is -0.461. The second kappa shape index (κ2) is 6.50. The minimum absolute atomic E-state index is 0.590. The SMILES string of the molecule is OC[C@H](I)CC(C(F)(F)F)(C(F)(F)F)C(F)(F)C(F)(F)C(F)(F)F. The molecule has 146 valence electrons. The Balaban J connectivity index is 6.83. The van der Waals surface area contributed by atoms with E-state index in [-0.39, 0.29) is 0 Å². The van der Waals surface area contributed by atoms with Crippen LogP contribution in [0.1, 0.15) is 6.42 Å². The first-order chi connectivity index (χ1) is 10.2. The van der Waals surface area contributed by atoms with E-state index in [0.29, 0.717) is 22.6 Å². The van der Waals surface area contributed by atoms with Crippen molar-refractivity contribution in [3.05, 3.63) is 0 Å². The minimum Gasteiger partial charge on any atom is -0.395 e. The first-order valence-corrected chi connectivity index (χ1v) is 6.66. The summed E-state index contributed by atoms with van der Waals surface area (Å²) in [6.07, 6.45) is -24.8. The molecular weight excluding hydrogens is 498 g/mol. The smallest absolute Gasteiger partial charge is 0.395 e. The second-order valence-electron chi connectivity index (χ2n) is 4.53. The van der Waals surface area contributed by atoms with Crippen molar-refractivity contribution < 1.29 is 62.2 Å². The molecular formula is C9H6F13IO. The largest absolute Gasteiger partial charge is 0.459 e. The van der Waals surface area contributed by atoms with Crippen LogP contribution in [0, 0.1) is 5.41 Å². The number of alkyl halides is 14. The van der Waals surface area contributed by atoms with Crippen LogP contribution >= 0.6 is 22.6 Å². The predicted molar refractivity (Wildman–Crippen MR) is 60.0 cm³/mol. The number of hydrogen-bond donors (Lipinski definition) is 1. The Morgan fingerprint density at radius 3 is 1.17 bits per heavy atom. The highest BCUT2D eigenvalue weighted by atomic mass is 127. The zero-order valence-electron chi connectivity index (χ0n) is 10.7. The van der Waals surface area contributed by atoms with Gasteiger partial charge in [0.25, 0.3) is 0 Å². The van der Waals surface area contributed by atoms with E-state index in [2.05, 4.69) is 0 Å². The first-order valence-electron chi connectivity index (χ1n) is 5.41. The molecule has 1 nitrogen and oxygen atoms in total. The maximum Gasteiger partial charge on any atom is 0.459 e. The van der Waals surface area contributed by atoms with Gasteiger partial charge in [0.2, 0.25) is 5.41 Å². The van der Waals surface area contributed by atoms with Gasteiger partial charge in [-0.05, 0) is 6.42 Å². The van der Waals surface area contributed by atoms with Crippen molar-refractivity contribution >= 4 is 22.6 Å². The Morgan fingerprint density at radius 1 is 0.625 bits per heavy atom. The fraction of sp³-hybridized carbons (Fsp3) is 1.00. The Kier molecular flexibility index (Phi) is 6.44. The van der Waals surface area contributed by atoms with Crippen LogP contribution in [0.3, 0.4) is 0 Å². The van der Waals surface area contributed by atoms with Gasteiger partial charge in [0.1, 0.15) is 0 Å². The molecule has 0 saturated carbocycles. The summed E-state index contributed by atoms with van der Waals surface area (Å²) in [5, 5.41) is 8.46. The van der Waals surface area contributed by atoms with E-state index >= 15 is 0 Å². The lowest BCUT2D eigenvalue weighted by Gasteiger charge is -2.46. The molecule has 0 aliphatic rings. The van der Waals surface area contributed by atoms with Crippen molar-refractivity contribution in [2.75, 3.05) is 6.61 Å². The Morgan fingerprint density at radius 2 is 0.958 bits per heavy atom. The molecule has 0 aromatic rings. The zero-order valence-corrected chi connectivity index (χ0v) is 12.9. The molecule has 0 spiro atoms. The maximum absolute atomic E-state index is 13.5. The van der Waals surface area contributed by atoms with Crippen molar-refractivity contribution in [1.29, 1.82) is 0 Å². The molecule has 0 aliphatic heterocycles. The monoisotopic (exact) mass is 504 g/mol. The second-order valence-corrected chi connectivity index (χ2v) is 6.29. The predicted octanol–water partition coefficient (Wildman–Crippen LogP) is 5.12. The average Bonchev–Trinajstić information content (AvgIpc) is 2.30. The van der Waals surface area contributed by atoms with Crippen molar-refractivity contribution in [3.8, 4) is 0 Å². The summed E-state index contributed by atoms with van der Waals surface area (Å²) in [6, 6.07) is 0. The van der Waals surface area contributed by atoms with Crippen LogP contribution in [-0.2, 0) is 0 Å². The van der Waals surface area contributed by atoms with Crippen LogP contribution in [0.2, 0.25) is 0 Å². The molecule has 0 bridgehead atoms. The standard InChI is InChI=1S/C9H6F13IO/c10-5(11,6(12,13)9(20,21)22)4(7(14,15)16,8(17,18)19)1-3(23)2-24/h3,24H,1-2H2/t3-/m1/s1. The highest BCUT2D eigenvalue weighted by molar-refractivity contribution is 14.1. The number of hydrogen-bond acceptors (Lipinski definition) is 1. The van der Waals surface area contributed by atoms with Crippen LogP contribution in [0.5, 0.6) is 0 Å². The maximum atomic E-state index is 13.5. The molecule has 0 unspecified atom stereocenters. The van der Waals surface area contributed by atoms with E-state index in [1.165, 1.54) is 0 Å². The summed E-state index contributed by atoms with van der Waals surface area (Å²) < 4.78 is 163. The third-order valence-corrected chi connectivity index (χ3v) is 3.81. The molecule has 0 aromatic carbocycles. The Labute approximate surface area is 138 Å². The molecule has 0 radical (unpaired) electrons. The van der Waals surface area contributed by atoms with Crippen LogP contribution in [0.4, 0.5) is 57.1 Å². The van der Waals surface area contributed by atoms with Crippen molar-refractivity contribution in [2.24, 2.45) is 5.41 Å². The van der Waals surface area contributed by atoms with Crippen molar-refractivity contribution in [3.63, 3.8) is 0 Å². The molecule has 24 heavy (non-hydrogen) atoms. The van der Waals surface area contributed by atoms with Crippen LogP contribution in [0.25, 0.3) is 0 Å². The van der Waals surface area contributed by atoms with E-state index in [1.807, 2.05) is 0 Å². The summed E-state index contributed by atoms with van der Waals surface area (Å²) in [5.74, 6) is -15.3. The minimum atomic E-state index is -7.64. The molecule has 0 aromatic heterocycles. The van der Waals surface area contributed by atoms with Crippen LogP contribution in [-0.4, -0.2) is 46.0 Å². The van der Waals surface area contributed by atoms with Gasteiger partial charge in [0.15, 0.2) is 0 Å². The fourth-order valence-electron chi connectivity index (χ4n) is 1.72. The van der Waals surface area contributed by atoms with Crippen LogP contribution < -0.4 is 0 Å². The van der Waals surface area contributed by atoms with E-state index in [1.54, 1.807) is 0 Å². The lowest BCUT2D eigenvalue weighted by atomic mass is 9.72. The number of rotatable bonds is 5. The van der Waals surface area contributed by atoms with Gasteiger partial charge in [-0.3, -0.25) is 0 Å². The summed E-state index contributed by atoms with van der Waals surface area (Å²) in [5.41, 5.74) is -6.74.